The van der Waals surface area contributed by atoms with Crippen LogP contribution >= 0.6 is 0 Å². The van der Waals surface area contributed by atoms with Crippen LogP contribution in [0, 0.1) is 0 Å². The van der Waals surface area contributed by atoms with E-state index >= 15 is 0 Å². The van der Waals surface area contributed by atoms with Crippen LogP contribution in [0.15, 0.2) is 291 Å². The molecular weight excluding hydrogens is 937 g/mol. The monoisotopic (exact) mass is 984 g/mol. The molecule has 0 fully saturated rings. The van der Waals surface area contributed by atoms with Gasteiger partial charge >= 0.3 is 0 Å². The molecule has 16 rings (SSSR count). The first-order valence-corrected chi connectivity index (χ1v) is 27.2. The molecule has 16 aromatic rings. The molecule has 0 nitrogen and oxygen atoms in total. The molecule has 0 aromatic heterocycles. The lowest BCUT2D eigenvalue weighted by molar-refractivity contribution is 1.64. The predicted octanol–water partition coefficient (Wildman–Crippen LogP) is 22.1. The Kier molecular flexibility index (Phi) is 10.0. The molecule has 0 aliphatic carbocycles. The Morgan fingerprint density at radius 1 is 0.115 bits per heavy atom. The Morgan fingerprint density at radius 3 is 0.628 bits per heavy atom. The molecule has 0 aliphatic heterocycles. The van der Waals surface area contributed by atoms with Crippen molar-refractivity contribution in [1.82, 2.24) is 0 Å². The largest absolute Gasteiger partial charge is 0.0622 e. The highest BCUT2D eigenvalue weighted by Gasteiger charge is 2.22. The van der Waals surface area contributed by atoms with Gasteiger partial charge in [0.2, 0.25) is 0 Å². The first kappa shape index (κ1) is 44.2. The van der Waals surface area contributed by atoms with Gasteiger partial charge in [-0.2, -0.15) is 0 Å². The molecule has 0 atom stereocenters. The standard InChI is InChI=1S/C78H48/c1-5-21-49(22-6-1)73-63-33-17-19-35-65(63)75(51-25-9-3-10-26-51)71-47-55(39-43-67(71)73)53-37-41-59-57-29-13-16-32-62(57)78-70-46-54(38-42-60(70)58-30-14-15-31-61(58)77(78)69(59)45-53)56-40-44-68-72(48-56)76(52-27-11-4-12-28-52)66-36-20-18-34-64(66)74(68)50-23-7-2-8-24-50/h1-48H. The summed E-state index contributed by atoms with van der Waals surface area (Å²) in [4.78, 5) is 0. The van der Waals surface area contributed by atoms with Crippen LogP contribution in [0.25, 0.3) is 164 Å². The van der Waals surface area contributed by atoms with Gasteiger partial charge < -0.3 is 0 Å². The molecule has 0 unspecified atom stereocenters. The average molecular weight is 985 g/mol. The number of hydrogen-bond donors (Lipinski definition) is 0. The van der Waals surface area contributed by atoms with E-state index in [4.69, 9.17) is 0 Å². The molecule has 0 heterocycles. The molecule has 0 saturated carbocycles. The van der Waals surface area contributed by atoms with Gasteiger partial charge in [-0.3, -0.25) is 0 Å². The lowest BCUT2D eigenvalue weighted by Gasteiger charge is -2.20. The van der Waals surface area contributed by atoms with Crippen molar-refractivity contribution in [2.75, 3.05) is 0 Å². The summed E-state index contributed by atoms with van der Waals surface area (Å²) < 4.78 is 0. The molecular formula is C78H48. The molecule has 0 radical (unpaired) electrons. The van der Waals surface area contributed by atoms with E-state index < -0.39 is 0 Å². The Morgan fingerprint density at radius 2 is 0.321 bits per heavy atom. The number of fused-ring (bicyclic) bond motifs is 15. The summed E-state index contributed by atoms with van der Waals surface area (Å²) in [5, 5.41) is 22.7. The summed E-state index contributed by atoms with van der Waals surface area (Å²) in [6, 6.07) is 109. The van der Waals surface area contributed by atoms with Crippen molar-refractivity contribution in [2.24, 2.45) is 0 Å². The van der Waals surface area contributed by atoms with E-state index in [0.717, 1.165) is 0 Å². The highest BCUT2D eigenvalue weighted by atomic mass is 14.2. The molecule has 16 aromatic carbocycles. The molecule has 0 N–H and O–H groups in total. The maximum absolute atomic E-state index is 2.48. The summed E-state index contributed by atoms with van der Waals surface area (Å²) in [7, 11) is 0. The van der Waals surface area contributed by atoms with E-state index in [9.17, 15) is 0 Å². The zero-order chi connectivity index (χ0) is 51.3. The smallest absolute Gasteiger partial charge is 0.00137 e. The van der Waals surface area contributed by atoms with E-state index in [1.165, 1.54) is 164 Å². The molecule has 0 aliphatic rings. The zero-order valence-electron chi connectivity index (χ0n) is 42.7. The highest BCUT2D eigenvalue weighted by Crippen LogP contribution is 2.50. The summed E-state index contributed by atoms with van der Waals surface area (Å²) in [6.45, 7) is 0. The molecule has 0 bridgehead atoms. The second kappa shape index (κ2) is 17.7. The van der Waals surface area contributed by atoms with Crippen LogP contribution in [0.3, 0.4) is 0 Å². The van der Waals surface area contributed by atoms with E-state index in [1.54, 1.807) is 0 Å². The quantitative estimate of drug-likeness (QED) is 0.115. The fourth-order valence-electron chi connectivity index (χ4n) is 13.4. The van der Waals surface area contributed by atoms with Crippen LogP contribution in [0.5, 0.6) is 0 Å². The van der Waals surface area contributed by atoms with Crippen LogP contribution in [0.4, 0.5) is 0 Å². The zero-order valence-corrected chi connectivity index (χ0v) is 42.7. The Bertz CT molecular complexity index is 4770. The third-order valence-corrected chi connectivity index (χ3v) is 16.8. The van der Waals surface area contributed by atoms with Crippen LogP contribution in [0.2, 0.25) is 0 Å². The topological polar surface area (TPSA) is 0 Å². The van der Waals surface area contributed by atoms with E-state index in [0.29, 0.717) is 0 Å². The fourth-order valence-corrected chi connectivity index (χ4v) is 13.4. The summed E-state index contributed by atoms with van der Waals surface area (Å²) >= 11 is 0. The van der Waals surface area contributed by atoms with Crippen molar-refractivity contribution in [3.05, 3.63) is 291 Å². The number of rotatable bonds is 6. The molecule has 0 amide bonds. The van der Waals surface area contributed by atoms with Crippen molar-refractivity contribution < 1.29 is 0 Å². The van der Waals surface area contributed by atoms with Crippen molar-refractivity contribution in [3.8, 4) is 66.8 Å². The minimum atomic E-state index is 1.19. The second-order valence-electron chi connectivity index (χ2n) is 20.9. The molecule has 360 valence electrons. The van der Waals surface area contributed by atoms with Crippen molar-refractivity contribution in [2.45, 2.75) is 0 Å². The summed E-state index contributed by atoms with van der Waals surface area (Å²) in [5.41, 5.74) is 14.7. The minimum Gasteiger partial charge on any atom is -0.0622 e. The number of benzene rings is 16. The van der Waals surface area contributed by atoms with Crippen LogP contribution in [-0.2, 0) is 0 Å². The van der Waals surface area contributed by atoms with Gasteiger partial charge in [-0.05, 0) is 188 Å². The molecule has 0 spiro atoms. The summed E-state index contributed by atoms with van der Waals surface area (Å²) in [5.74, 6) is 0. The van der Waals surface area contributed by atoms with E-state index in [-0.39, 0.29) is 0 Å². The third-order valence-electron chi connectivity index (χ3n) is 16.8. The Balaban J connectivity index is 0.961. The lowest BCUT2D eigenvalue weighted by Crippen LogP contribution is -1.92. The lowest BCUT2D eigenvalue weighted by atomic mass is 9.83. The molecule has 78 heavy (non-hydrogen) atoms. The van der Waals surface area contributed by atoms with Gasteiger partial charge in [-0.1, -0.05) is 267 Å². The maximum Gasteiger partial charge on any atom is -0.00137 e. The first-order valence-electron chi connectivity index (χ1n) is 27.2. The summed E-state index contributed by atoms with van der Waals surface area (Å²) in [6.07, 6.45) is 0. The average Bonchev–Trinajstić information content (AvgIpc) is 3.67. The molecule has 0 saturated heterocycles. The van der Waals surface area contributed by atoms with Gasteiger partial charge in [0.05, 0.1) is 0 Å². The predicted molar refractivity (Wildman–Crippen MR) is 337 cm³/mol. The van der Waals surface area contributed by atoms with Crippen LogP contribution in [0.1, 0.15) is 0 Å². The van der Waals surface area contributed by atoms with Crippen LogP contribution < -0.4 is 0 Å². The highest BCUT2D eigenvalue weighted by molar-refractivity contribution is 6.40. The Hall–Kier alpha value is -10.1. The van der Waals surface area contributed by atoms with Gasteiger partial charge in [0.15, 0.2) is 0 Å². The van der Waals surface area contributed by atoms with E-state index in [1.807, 2.05) is 0 Å². The molecule has 0 heteroatoms. The normalized spacial score (nSPS) is 11.8. The van der Waals surface area contributed by atoms with Gasteiger partial charge in [-0.15, -0.1) is 0 Å². The van der Waals surface area contributed by atoms with Crippen molar-refractivity contribution in [3.63, 3.8) is 0 Å². The van der Waals surface area contributed by atoms with Gasteiger partial charge in [0.1, 0.15) is 0 Å². The van der Waals surface area contributed by atoms with Crippen LogP contribution in [-0.4, -0.2) is 0 Å². The number of hydrogen-bond acceptors (Lipinski definition) is 0. The van der Waals surface area contributed by atoms with Gasteiger partial charge in [-0.25, -0.2) is 0 Å². The van der Waals surface area contributed by atoms with Gasteiger partial charge in [0.25, 0.3) is 0 Å². The van der Waals surface area contributed by atoms with Crippen molar-refractivity contribution in [1.29, 1.82) is 0 Å². The minimum absolute atomic E-state index is 1.19. The third kappa shape index (κ3) is 6.80. The SMILES string of the molecule is c1ccc(-c2c3ccccc3c(-c3ccccc3)c3cc(-c4ccc5c6ccccc6c6c7cc(-c8ccc9c(-c%10ccccc%10)c%10ccccc%10c(-c%10ccccc%10)c9c8)ccc7c7ccccc7c6c5c4)ccc23)cc1. The van der Waals surface area contributed by atoms with Gasteiger partial charge in [0, 0.05) is 0 Å². The first-order chi connectivity index (χ1) is 38.7. The van der Waals surface area contributed by atoms with Crippen molar-refractivity contribution >= 4 is 97.0 Å². The second-order valence-corrected chi connectivity index (χ2v) is 20.9. The Labute approximate surface area is 452 Å². The maximum atomic E-state index is 2.48. The fraction of sp³-hybridized carbons (Fsp3) is 0. The van der Waals surface area contributed by atoms with E-state index in [2.05, 4.69) is 291 Å².